The van der Waals surface area contributed by atoms with Crippen molar-refractivity contribution in [3.63, 3.8) is 0 Å². The largest absolute Gasteiger partial charge is 0.456 e. The topological polar surface area (TPSA) is 26.0 Å². The Hall–Kier alpha value is -5.38. The van der Waals surface area contributed by atoms with Crippen molar-refractivity contribution < 1.29 is 4.42 Å². The Morgan fingerprint density at radius 2 is 1.02 bits per heavy atom. The number of hydrogen-bond acceptors (Lipinski definition) is 3. The number of fused-ring (bicyclic) bond motifs is 6. The molecular formula is C43H29NOS. The minimum absolute atomic E-state index is 0.927. The molecule has 2 aromatic heterocycles. The molecule has 9 rings (SSSR count). The van der Waals surface area contributed by atoms with E-state index in [-0.39, 0.29) is 0 Å². The first-order valence-corrected chi connectivity index (χ1v) is 16.8. The summed E-state index contributed by atoms with van der Waals surface area (Å²) in [6, 6.07) is 54.2. The highest BCUT2D eigenvalue weighted by atomic mass is 32.2. The lowest BCUT2D eigenvalue weighted by Gasteiger charge is -2.14. The van der Waals surface area contributed by atoms with E-state index in [9.17, 15) is 0 Å². The molecule has 6 aromatic carbocycles. The lowest BCUT2D eigenvalue weighted by molar-refractivity contribution is 0.669. The highest BCUT2D eigenvalue weighted by Gasteiger charge is 2.18. The van der Waals surface area contributed by atoms with E-state index in [4.69, 9.17) is 9.40 Å². The summed E-state index contributed by atoms with van der Waals surface area (Å²) in [5, 5.41) is 2.32. The molecule has 0 radical (unpaired) electrons. The van der Waals surface area contributed by atoms with Gasteiger partial charge in [0.2, 0.25) is 0 Å². The molecule has 0 N–H and O–H groups in total. The molecule has 46 heavy (non-hydrogen) atoms. The van der Waals surface area contributed by atoms with E-state index in [0.29, 0.717) is 0 Å². The van der Waals surface area contributed by atoms with Gasteiger partial charge >= 0.3 is 0 Å². The number of para-hydroxylation sites is 1. The first kappa shape index (κ1) is 27.0. The van der Waals surface area contributed by atoms with Gasteiger partial charge in [-0.1, -0.05) is 109 Å². The molecule has 0 spiro atoms. The zero-order valence-corrected chi connectivity index (χ0v) is 25.9. The van der Waals surface area contributed by atoms with Crippen LogP contribution in [-0.2, 0) is 11.5 Å². The summed E-state index contributed by atoms with van der Waals surface area (Å²) >= 11 is 1.99. The Kier molecular flexibility index (Phi) is 6.57. The number of thioether (sulfide) groups is 1. The van der Waals surface area contributed by atoms with E-state index in [1.54, 1.807) is 0 Å². The molecule has 218 valence electrons. The third kappa shape index (κ3) is 4.81. The molecule has 0 saturated heterocycles. The van der Waals surface area contributed by atoms with Crippen LogP contribution in [-0.4, -0.2) is 4.98 Å². The van der Waals surface area contributed by atoms with Crippen LogP contribution in [0.5, 0.6) is 0 Å². The second-order valence-corrected chi connectivity index (χ2v) is 12.9. The lowest BCUT2D eigenvalue weighted by atomic mass is 9.90. The van der Waals surface area contributed by atoms with Crippen LogP contribution in [0.4, 0.5) is 0 Å². The van der Waals surface area contributed by atoms with Crippen molar-refractivity contribution in [3.8, 4) is 55.9 Å². The Balaban J connectivity index is 1.14. The Morgan fingerprint density at radius 1 is 0.413 bits per heavy atom. The van der Waals surface area contributed by atoms with E-state index in [1.807, 2.05) is 23.9 Å². The van der Waals surface area contributed by atoms with Crippen LogP contribution in [0.2, 0.25) is 0 Å². The molecule has 0 atom stereocenters. The number of furan rings is 1. The fourth-order valence-corrected chi connectivity index (χ4v) is 7.71. The van der Waals surface area contributed by atoms with Crippen molar-refractivity contribution in [2.75, 3.05) is 0 Å². The smallest absolute Gasteiger partial charge is 0.135 e. The highest BCUT2D eigenvalue weighted by Crippen LogP contribution is 2.41. The van der Waals surface area contributed by atoms with Gasteiger partial charge in [-0.15, -0.1) is 0 Å². The van der Waals surface area contributed by atoms with E-state index in [1.165, 1.54) is 44.5 Å². The van der Waals surface area contributed by atoms with Gasteiger partial charge in [-0.05, 0) is 87.0 Å². The third-order valence-corrected chi connectivity index (χ3v) is 10.1. The summed E-state index contributed by atoms with van der Waals surface area (Å²) in [4.78, 5) is 5.09. The minimum atomic E-state index is 0.927. The number of benzene rings is 6. The zero-order chi connectivity index (χ0) is 30.5. The third-order valence-electron chi connectivity index (χ3n) is 9.03. The normalized spacial score (nSPS) is 12.5. The predicted octanol–water partition coefficient (Wildman–Crippen LogP) is 12.1. The standard InChI is InChI=1S/C43H29NOS/c1-3-9-28(10-4-1)40-24-34(25-41(44-40)29-11-5-2-6-12-29)30-17-19-36-35(21-30)27-46-26-33-16-15-31(22-38(33)36)32-18-20-43-39(23-32)37-13-7-8-14-42(37)45-43/h1-25H,26-27H2. The second kappa shape index (κ2) is 11.2. The van der Waals surface area contributed by atoms with Crippen LogP contribution in [0.25, 0.3) is 77.8 Å². The number of hydrogen-bond donors (Lipinski definition) is 0. The highest BCUT2D eigenvalue weighted by molar-refractivity contribution is 7.97. The van der Waals surface area contributed by atoms with Gasteiger partial charge < -0.3 is 4.42 Å². The van der Waals surface area contributed by atoms with Gasteiger partial charge in [-0.25, -0.2) is 4.98 Å². The van der Waals surface area contributed by atoms with E-state index in [0.717, 1.165) is 56.0 Å². The molecule has 0 bridgehead atoms. The Morgan fingerprint density at radius 3 is 1.80 bits per heavy atom. The van der Waals surface area contributed by atoms with Crippen LogP contribution in [0.1, 0.15) is 11.1 Å². The lowest BCUT2D eigenvalue weighted by Crippen LogP contribution is -1.93. The molecule has 8 aromatic rings. The number of rotatable bonds is 4. The summed E-state index contributed by atoms with van der Waals surface area (Å²) in [5.74, 6) is 1.97. The van der Waals surface area contributed by atoms with Crippen molar-refractivity contribution >= 4 is 33.7 Å². The average Bonchev–Trinajstić information content (AvgIpc) is 3.40. The molecule has 3 heterocycles. The summed E-state index contributed by atoms with van der Waals surface area (Å²) in [5.41, 5.74) is 16.3. The first-order chi connectivity index (χ1) is 22.8. The number of nitrogens with zero attached hydrogens (tertiary/aromatic N) is 1. The van der Waals surface area contributed by atoms with Crippen molar-refractivity contribution in [3.05, 3.63) is 163 Å². The average molecular weight is 608 g/mol. The van der Waals surface area contributed by atoms with Gasteiger partial charge in [-0.3, -0.25) is 0 Å². The monoisotopic (exact) mass is 607 g/mol. The van der Waals surface area contributed by atoms with Crippen LogP contribution in [0, 0.1) is 0 Å². The molecule has 3 heteroatoms. The zero-order valence-electron chi connectivity index (χ0n) is 25.1. The molecule has 0 fully saturated rings. The van der Waals surface area contributed by atoms with Gasteiger partial charge in [0.05, 0.1) is 11.4 Å². The van der Waals surface area contributed by atoms with Crippen molar-refractivity contribution in [1.82, 2.24) is 4.98 Å². The van der Waals surface area contributed by atoms with E-state index in [2.05, 4.69) is 140 Å². The summed E-state index contributed by atoms with van der Waals surface area (Å²) in [6.07, 6.45) is 0. The predicted molar refractivity (Wildman–Crippen MR) is 194 cm³/mol. The molecule has 1 aliphatic heterocycles. The minimum Gasteiger partial charge on any atom is -0.456 e. The van der Waals surface area contributed by atoms with Crippen molar-refractivity contribution in [2.45, 2.75) is 11.5 Å². The maximum atomic E-state index is 6.10. The van der Waals surface area contributed by atoms with E-state index >= 15 is 0 Å². The molecular weight excluding hydrogens is 579 g/mol. The van der Waals surface area contributed by atoms with Gasteiger partial charge in [0.1, 0.15) is 11.2 Å². The molecule has 0 unspecified atom stereocenters. The molecule has 0 amide bonds. The summed E-state index contributed by atoms with van der Waals surface area (Å²) in [7, 11) is 0. The van der Waals surface area contributed by atoms with Gasteiger partial charge in [0.15, 0.2) is 0 Å². The number of pyridine rings is 1. The van der Waals surface area contributed by atoms with Crippen molar-refractivity contribution in [2.24, 2.45) is 0 Å². The molecule has 1 aliphatic rings. The molecule has 2 nitrogen and oxygen atoms in total. The fourth-order valence-electron chi connectivity index (χ4n) is 6.68. The van der Waals surface area contributed by atoms with Crippen LogP contribution in [0.15, 0.2) is 156 Å². The SMILES string of the molecule is c1ccc(-c2cc(-c3ccc4c(c3)CSCc3ccc(-c5ccc6oc7ccccc7c6c5)cc3-4)cc(-c3ccccc3)n2)cc1. The van der Waals surface area contributed by atoms with E-state index < -0.39 is 0 Å². The van der Waals surface area contributed by atoms with Gasteiger partial charge in [0, 0.05) is 33.4 Å². The van der Waals surface area contributed by atoms with Gasteiger partial charge in [-0.2, -0.15) is 11.8 Å². The summed E-state index contributed by atoms with van der Waals surface area (Å²) < 4.78 is 6.10. The number of aromatic nitrogens is 1. The Labute approximate surface area is 272 Å². The first-order valence-electron chi connectivity index (χ1n) is 15.7. The van der Waals surface area contributed by atoms with Crippen LogP contribution in [0.3, 0.4) is 0 Å². The van der Waals surface area contributed by atoms with Crippen molar-refractivity contribution in [1.29, 1.82) is 0 Å². The maximum Gasteiger partial charge on any atom is 0.135 e. The Bertz CT molecular complexity index is 2330. The quantitative estimate of drug-likeness (QED) is 0.199. The molecule has 0 saturated carbocycles. The van der Waals surface area contributed by atoms with Gasteiger partial charge in [0.25, 0.3) is 0 Å². The van der Waals surface area contributed by atoms with Crippen LogP contribution >= 0.6 is 11.8 Å². The van der Waals surface area contributed by atoms with Crippen LogP contribution < -0.4 is 0 Å². The second-order valence-electron chi connectivity index (χ2n) is 11.9. The summed E-state index contributed by atoms with van der Waals surface area (Å²) in [6.45, 7) is 0. The maximum absolute atomic E-state index is 6.10. The molecule has 0 aliphatic carbocycles. The fraction of sp³-hybridized carbons (Fsp3) is 0.0465.